The van der Waals surface area contributed by atoms with Crippen molar-refractivity contribution < 1.29 is 14.7 Å². The summed E-state index contributed by atoms with van der Waals surface area (Å²) in [5, 5.41) is 12.9. The van der Waals surface area contributed by atoms with Gasteiger partial charge in [-0.3, -0.25) is 4.79 Å². The number of amides is 2. The fraction of sp³-hybridized carbons (Fsp3) is 0.556. The molecule has 80 valence electrons. The van der Waals surface area contributed by atoms with Crippen LogP contribution < -0.4 is 10.6 Å². The fourth-order valence-corrected chi connectivity index (χ4v) is 0.553. The maximum absolute atomic E-state index is 10.9. The van der Waals surface area contributed by atoms with Gasteiger partial charge in [-0.25, -0.2) is 4.79 Å². The zero-order chi connectivity index (χ0) is 11.1. The van der Waals surface area contributed by atoms with E-state index in [4.69, 9.17) is 5.11 Å². The molecule has 5 nitrogen and oxygen atoms in total. The molecule has 2 amide bonds. The van der Waals surface area contributed by atoms with Gasteiger partial charge in [0.2, 0.25) is 0 Å². The Hall–Kier alpha value is -1.52. The molecule has 0 heterocycles. The molecule has 0 radical (unpaired) electrons. The van der Waals surface area contributed by atoms with Crippen molar-refractivity contribution in [3.63, 3.8) is 0 Å². The monoisotopic (exact) mass is 200 g/mol. The average Bonchev–Trinajstić information content (AvgIpc) is 2.10. The molecule has 3 N–H and O–H groups in total. The Bertz CT molecular complexity index is 246. The molecule has 0 atom stereocenters. The highest BCUT2D eigenvalue weighted by molar-refractivity contribution is 5.80. The third kappa shape index (κ3) is 6.05. The topological polar surface area (TPSA) is 78.4 Å². The lowest BCUT2D eigenvalue weighted by atomic mass is 10.1. The van der Waals surface area contributed by atoms with Crippen molar-refractivity contribution in [2.45, 2.75) is 20.8 Å². The molecule has 0 fully saturated rings. The van der Waals surface area contributed by atoms with Crippen LogP contribution in [-0.4, -0.2) is 23.7 Å². The summed E-state index contributed by atoms with van der Waals surface area (Å²) in [4.78, 5) is 21.0. The van der Waals surface area contributed by atoms with E-state index < -0.39 is 12.0 Å². The van der Waals surface area contributed by atoms with E-state index in [2.05, 4.69) is 10.6 Å². The number of hydrogen-bond acceptors (Lipinski definition) is 2. The van der Waals surface area contributed by atoms with Gasteiger partial charge in [-0.2, -0.15) is 0 Å². The minimum absolute atomic E-state index is 0.356. The smallest absolute Gasteiger partial charge is 0.323 e. The lowest BCUT2D eigenvalue weighted by Crippen LogP contribution is -2.36. The van der Waals surface area contributed by atoms with E-state index in [-0.39, 0.29) is 6.54 Å². The van der Waals surface area contributed by atoms with E-state index in [1.54, 1.807) is 6.20 Å². The van der Waals surface area contributed by atoms with Gasteiger partial charge >= 0.3 is 12.0 Å². The van der Waals surface area contributed by atoms with Crippen LogP contribution in [0.2, 0.25) is 0 Å². The van der Waals surface area contributed by atoms with Crippen molar-refractivity contribution in [3.8, 4) is 0 Å². The highest BCUT2D eigenvalue weighted by Crippen LogP contribution is 2.05. The normalized spacial score (nSPS) is 11.3. The number of urea groups is 1. The Labute approximate surface area is 83.2 Å². The zero-order valence-corrected chi connectivity index (χ0v) is 8.63. The summed E-state index contributed by atoms with van der Waals surface area (Å²) < 4.78 is 0. The van der Waals surface area contributed by atoms with Gasteiger partial charge in [0.05, 0.1) is 0 Å². The predicted molar refractivity (Wildman–Crippen MR) is 52.8 cm³/mol. The van der Waals surface area contributed by atoms with Gasteiger partial charge in [-0.1, -0.05) is 19.4 Å². The van der Waals surface area contributed by atoms with Crippen LogP contribution in [0.3, 0.4) is 0 Å². The highest BCUT2D eigenvalue weighted by Gasteiger charge is 2.01. The number of hydrogen-bond donors (Lipinski definition) is 3. The second kappa shape index (κ2) is 6.01. The Morgan fingerprint density at radius 3 is 2.43 bits per heavy atom. The summed E-state index contributed by atoms with van der Waals surface area (Å²) in [6.07, 6.45) is 1.57. The molecule has 0 aromatic carbocycles. The summed E-state index contributed by atoms with van der Waals surface area (Å²) in [7, 11) is 0. The number of carboxylic acid groups (broad SMARTS) is 1. The lowest BCUT2D eigenvalue weighted by Gasteiger charge is -2.06. The number of nitrogens with one attached hydrogen (secondary N) is 2. The van der Waals surface area contributed by atoms with E-state index in [1.807, 2.05) is 20.8 Å². The van der Waals surface area contributed by atoms with E-state index >= 15 is 0 Å². The number of allylic oxidation sites excluding steroid dienone is 1. The molecule has 0 saturated carbocycles. The number of rotatable bonds is 4. The molecule has 0 rings (SSSR count). The van der Waals surface area contributed by atoms with Crippen LogP contribution in [0.25, 0.3) is 0 Å². The molecule has 14 heavy (non-hydrogen) atoms. The number of carbonyl (C=O) groups is 2. The van der Waals surface area contributed by atoms with Crippen LogP contribution in [0.4, 0.5) is 4.79 Å². The van der Waals surface area contributed by atoms with Crippen molar-refractivity contribution in [3.05, 3.63) is 11.8 Å². The van der Waals surface area contributed by atoms with Crippen LogP contribution in [0, 0.1) is 5.92 Å². The molecule has 5 heteroatoms. The van der Waals surface area contributed by atoms with Gasteiger partial charge in [0, 0.05) is 6.20 Å². The Kier molecular flexibility index (Phi) is 5.36. The van der Waals surface area contributed by atoms with Crippen molar-refractivity contribution in [1.29, 1.82) is 0 Å². The molecule has 0 bridgehead atoms. The van der Waals surface area contributed by atoms with Gasteiger partial charge in [0.25, 0.3) is 0 Å². The molecule has 0 spiro atoms. The third-order valence-corrected chi connectivity index (χ3v) is 1.74. The Morgan fingerprint density at radius 2 is 2.00 bits per heavy atom. The van der Waals surface area contributed by atoms with Crippen molar-refractivity contribution >= 4 is 12.0 Å². The van der Waals surface area contributed by atoms with Crippen molar-refractivity contribution in [1.82, 2.24) is 10.6 Å². The molecular weight excluding hydrogens is 184 g/mol. The predicted octanol–water partition coefficient (Wildman–Crippen LogP) is 0.930. The van der Waals surface area contributed by atoms with Crippen molar-refractivity contribution in [2.24, 2.45) is 5.92 Å². The molecular formula is C9H16N2O3. The van der Waals surface area contributed by atoms with Gasteiger partial charge in [-0.05, 0) is 12.8 Å². The van der Waals surface area contributed by atoms with E-state index in [1.165, 1.54) is 0 Å². The average molecular weight is 200 g/mol. The summed E-state index contributed by atoms with van der Waals surface area (Å²) in [6.45, 7) is 5.52. The van der Waals surface area contributed by atoms with Crippen LogP contribution in [0.5, 0.6) is 0 Å². The van der Waals surface area contributed by atoms with Gasteiger partial charge in [0.1, 0.15) is 6.54 Å². The van der Waals surface area contributed by atoms with E-state index in [9.17, 15) is 9.59 Å². The summed E-state index contributed by atoms with van der Waals surface area (Å²) >= 11 is 0. The Morgan fingerprint density at radius 1 is 1.43 bits per heavy atom. The van der Waals surface area contributed by atoms with Crippen LogP contribution >= 0.6 is 0 Å². The largest absolute Gasteiger partial charge is 0.480 e. The molecule has 0 unspecified atom stereocenters. The number of carbonyl (C=O) groups excluding carboxylic acids is 1. The standard InChI is InChI=1S/C9H16N2O3/c1-6(2)7(3)4-10-9(14)11-5-8(12)13/h4,6H,5H2,1-3H3,(H,12,13)(H2,10,11,14)/b7-4+. The minimum atomic E-state index is -1.07. The maximum Gasteiger partial charge on any atom is 0.323 e. The van der Waals surface area contributed by atoms with Gasteiger partial charge in [-0.15, -0.1) is 0 Å². The summed E-state index contributed by atoms with van der Waals surface area (Å²) in [6, 6.07) is -0.507. The quantitative estimate of drug-likeness (QED) is 0.631. The van der Waals surface area contributed by atoms with E-state index in [0.29, 0.717) is 5.92 Å². The fourth-order valence-electron chi connectivity index (χ4n) is 0.553. The van der Waals surface area contributed by atoms with E-state index in [0.717, 1.165) is 5.57 Å². The maximum atomic E-state index is 10.9. The Balaban J connectivity index is 3.84. The minimum Gasteiger partial charge on any atom is -0.480 e. The first-order chi connectivity index (χ1) is 6.43. The first-order valence-electron chi connectivity index (χ1n) is 4.36. The third-order valence-electron chi connectivity index (χ3n) is 1.74. The molecule has 0 aliphatic carbocycles. The number of aliphatic carboxylic acids is 1. The molecule has 0 aromatic heterocycles. The van der Waals surface area contributed by atoms with Crippen molar-refractivity contribution in [2.75, 3.05) is 6.54 Å². The summed E-state index contributed by atoms with van der Waals surface area (Å²) in [5.74, 6) is -0.709. The van der Waals surface area contributed by atoms with Gasteiger partial charge < -0.3 is 15.7 Å². The SMILES string of the molecule is C/C(=C\NC(=O)NCC(=O)O)C(C)C. The highest BCUT2D eigenvalue weighted by atomic mass is 16.4. The zero-order valence-electron chi connectivity index (χ0n) is 8.63. The molecule has 0 saturated heterocycles. The number of carboxylic acids is 1. The molecule has 0 aliphatic rings. The van der Waals surface area contributed by atoms with Crippen LogP contribution in [-0.2, 0) is 4.79 Å². The second-order valence-corrected chi connectivity index (χ2v) is 3.26. The molecule has 0 aliphatic heterocycles. The summed E-state index contributed by atoms with van der Waals surface area (Å²) in [5.41, 5.74) is 1.02. The molecule has 0 aromatic rings. The lowest BCUT2D eigenvalue weighted by molar-refractivity contribution is -0.135. The van der Waals surface area contributed by atoms with Crippen LogP contribution in [0.1, 0.15) is 20.8 Å². The first-order valence-corrected chi connectivity index (χ1v) is 4.36. The van der Waals surface area contributed by atoms with Gasteiger partial charge in [0.15, 0.2) is 0 Å². The second-order valence-electron chi connectivity index (χ2n) is 3.26. The van der Waals surface area contributed by atoms with Crippen LogP contribution in [0.15, 0.2) is 11.8 Å². The first kappa shape index (κ1) is 12.5.